The number of hydrogen-bond donors (Lipinski definition) is 1. The highest BCUT2D eigenvalue weighted by molar-refractivity contribution is 6.03. The van der Waals surface area contributed by atoms with Crippen molar-refractivity contribution in [2.24, 2.45) is 0 Å². The van der Waals surface area contributed by atoms with E-state index in [0.717, 1.165) is 5.56 Å². The van der Waals surface area contributed by atoms with Crippen molar-refractivity contribution in [2.45, 2.75) is 6.92 Å². The van der Waals surface area contributed by atoms with E-state index in [1.54, 1.807) is 37.4 Å². The van der Waals surface area contributed by atoms with E-state index in [9.17, 15) is 4.79 Å². The summed E-state index contributed by atoms with van der Waals surface area (Å²) in [5, 5.41) is 2.79. The van der Waals surface area contributed by atoms with Crippen LogP contribution in [0.15, 0.2) is 65.3 Å². The van der Waals surface area contributed by atoms with Gasteiger partial charge in [0.05, 0.1) is 13.4 Å². The molecule has 0 atom stereocenters. The molecule has 24 heavy (non-hydrogen) atoms. The van der Waals surface area contributed by atoms with E-state index in [2.05, 4.69) is 5.32 Å². The number of nitrogens with one attached hydrogen (secondary N) is 1. The zero-order chi connectivity index (χ0) is 16.9. The van der Waals surface area contributed by atoms with Crippen LogP contribution < -0.4 is 14.8 Å². The molecule has 0 spiro atoms. The molecule has 0 unspecified atom stereocenters. The lowest BCUT2D eigenvalue weighted by Gasteiger charge is -2.10. The number of aryl methyl sites for hydroxylation is 1. The number of para-hydroxylation sites is 2. The first-order valence-electron chi connectivity index (χ1n) is 7.44. The highest BCUT2D eigenvalue weighted by Gasteiger charge is 2.12. The first-order valence-corrected chi connectivity index (χ1v) is 7.44. The second-order valence-electron chi connectivity index (χ2n) is 5.16. The van der Waals surface area contributed by atoms with Crippen LogP contribution >= 0.6 is 0 Å². The predicted octanol–water partition coefficient (Wildman–Crippen LogP) is 4.64. The van der Waals surface area contributed by atoms with Crippen molar-refractivity contribution in [3.63, 3.8) is 0 Å². The third kappa shape index (κ3) is 3.41. The Morgan fingerprint density at radius 2 is 1.71 bits per heavy atom. The van der Waals surface area contributed by atoms with E-state index in [1.807, 2.05) is 31.2 Å². The van der Waals surface area contributed by atoms with Gasteiger partial charge in [-0.2, -0.15) is 0 Å². The molecule has 0 saturated carbocycles. The summed E-state index contributed by atoms with van der Waals surface area (Å²) in [6.07, 6.45) is 1.49. The molecule has 122 valence electrons. The number of hydrogen-bond acceptors (Lipinski definition) is 4. The van der Waals surface area contributed by atoms with Gasteiger partial charge in [-0.25, -0.2) is 0 Å². The summed E-state index contributed by atoms with van der Waals surface area (Å²) < 4.78 is 16.2. The maximum absolute atomic E-state index is 12.1. The Morgan fingerprint density at radius 3 is 2.33 bits per heavy atom. The van der Waals surface area contributed by atoms with Crippen molar-refractivity contribution in [1.29, 1.82) is 0 Å². The van der Waals surface area contributed by atoms with Crippen LogP contribution in [0.3, 0.4) is 0 Å². The number of amides is 1. The maximum Gasteiger partial charge on any atom is 0.291 e. The normalized spacial score (nSPS) is 10.2. The number of rotatable bonds is 5. The molecule has 0 aliphatic rings. The van der Waals surface area contributed by atoms with Gasteiger partial charge >= 0.3 is 0 Å². The Hall–Kier alpha value is -3.21. The number of anilines is 1. The van der Waals surface area contributed by atoms with Gasteiger partial charge in [0.1, 0.15) is 5.75 Å². The molecule has 2 aromatic carbocycles. The lowest BCUT2D eigenvalue weighted by atomic mass is 10.2. The van der Waals surface area contributed by atoms with E-state index in [1.165, 1.54) is 6.26 Å². The van der Waals surface area contributed by atoms with Crippen molar-refractivity contribution in [3.8, 4) is 17.2 Å². The second-order valence-corrected chi connectivity index (χ2v) is 5.16. The molecular formula is C19H17NO4. The van der Waals surface area contributed by atoms with E-state index in [0.29, 0.717) is 28.7 Å². The molecule has 1 amide bonds. The zero-order valence-corrected chi connectivity index (χ0v) is 13.4. The van der Waals surface area contributed by atoms with Gasteiger partial charge in [-0.05, 0) is 49.4 Å². The van der Waals surface area contributed by atoms with Crippen molar-refractivity contribution in [3.05, 3.63) is 72.2 Å². The molecule has 0 aliphatic carbocycles. The van der Waals surface area contributed by atoms with Gasteiger partial charge in [-0.3, -0.25) is 4.79 Å². The summed E-state index contributed by atoms with van der Waals surface area (Å²) in [5.74, 6) is 1.96. The topological polar surface area (TPSA) is 60.7 Å². The van der Waals surface area contributed by atoms with Gasteiger partial charge in [0, 0.05) is 11.3 Å². The molecule has 0 radical (unpaired) electrons. The number of benzene rings is 2. The predicted molar refractivity (Wildman–Crippen MR) is 90.9 cm³/mol. The van der Waals surface area contributed by atoms with Gasteiger partial charge in [-0.1, -0.05) is 12.1 Å². The van der Waals surface area contributed by atoms with Crippen LogP contribution in [0.5, 0.6) is 17.2 Å². The van der Waals surface area contributed by atoms with Crippen molar-refractivity contribution < 1.29 is 18.7 Å². The molecular weight excluding hydrogens is 306 g/mol. The van der Waals surface area contributed by atoms with Gasteiger partial charge < -0.3 is 19.2 Å². The number of carbonyl (C=O) groups excluding carboxylic acids is 1. The van der Waals surface area contributed by atoms with E-state index in [4.69, 9.17) is 13.9 Å². The van der Waals surface area contributed by atoms with Crippen LogP contribution in [0, 0.1) is 6.92 Å². The van der Waals surface area contributed by atoms with E-state index < -0.39 is 0 Å². The summed E-state index contributed by atoms with van der Waals surface area (Å²) in [4.78, 5) is 12.1. The fourth-order valence-electron chi connectivity index (χ4n) is 2.23. The standard InChI is InChI=1S/C19H17NO4/c1-13-11-12-23-18(13)19(21)20-14-7-9-15(10-8-14)24-17-6-4-3-5-16(17)22-2/h3-12H,1-2H3,(H,20,21). The van der Waals surface area contributed by atoms with E-state index >= 15 is 0 Å². The van der Waals surface area contributed by atoms with Crippen LogP contribution in [-0.2, 0) is 0 Å². The number of ether oxygens (including phenoxy) is 2. The lowest BCUT2D eigenvalue weighted by Crippen LogP contribution is -2.11. The Bertz CT molecular complexity index is 837. The fourth-order valence-corrected chi connectivity index (χ4v) is 2.23. The summed E-state index contributed by atoms with van der Waals surface area (Å²) in [6, 6.07) is 16.2. The van der Waals surface area contributed by atoms with Crippen molar-refractivity contribution >= 4 is 11.6 Å². The van der Waals surface area contributed by atoms with Crippen LogP contribution in [0.2, 0.25) is 0 Å². The molecule has 5 nitrogen and oxygen atoms in total. The smallest absolute Gasteiger partial charge is 0.291 e. The fraction of sp³-hybridized carbons (Fsp3) is 0.105. The van der Waals surface area contributed by atoms with Crippen molar-refractivity contribution in [2.75, 3.05) is 12.4 Å². The molecule has 0 aliphatic heterocycles. The summed E-state index contributed by atoms with van der Waals surface area (Å²) in [5.41, 5.74) is 1.45. The van der Waals surface area contributed by atoms with Gasteiger partial charge in [-0.15, -0.1) is 0 Å². The minimum absolute atomic E-state index is 0.282. The van der Waals surface area contributed by atoms with Gasteiger partial charge in [0.15, 0.2) is 17.3 Å². The second kappa shape index (κ2) is 6.91. The molecule has 0 bridgehead atoms. The Labute approximate surface area is 139 Å². The third-order valence-corrected chi connectivity index (χ3v) is 3.48. The summed E-state index contributed by atoms with van der Waals surface area (Å²) in [6.45, 7) is 1.82. The zero-order valence-electron chi connectivity index (χ0n) is 13.4. The molecule has 1 N–H and O–H groups in total. The monoisotopic (exact) mass is 323 g/mol. The quantitative estimate of drug-likeness (QED) is 0.743. The molecule has 0 saturated heterocycles. The molecule has 3 aromatic rings. The number of furan rings is 1. The third-order valence-electron chi connectivity index (χ3n) is 3.48. The highest BCUT2D eigenvalue weighted by Crippen LogP contribution is 2.31. The Balaban J connectivity index is 1.69. The lowest BCUT2D eigenvalue weighted by molar-refractivity contribution is 0.0996. The van der Waals surface area contributed by atoms with Crippen LogP contribution in [0.1, 0.15) is 16.1 Å². The first kappa shape index (κ1) is 15.7. The Morgan fingerprint density at radius 1 is 1.00 bits per heavy atom. The molecule has 3 rings (SSSR count). The average Bonchev–Trinajstić information content (AvgIpc) is 3.03. The average molecular weight is 323 g/mol. The highest BCUT2D eigenvalue weighted by atomic mass is 16.5. The van der Waals surface area contributed by atoms with Crippen molar-refractivity contribution in [1.82, 2.24) is 0 Å². The summed E-state index contributed by atoms with van der Waals surface area (Å²) in [7, 11) is 1.59. The minimum atomic E-state index is -0.282. The van der Waals surface area contributed by atoms with Crippen LogP contribution in [0.25, 0.3) is 0 Å². The SMILES string of the molecule is COc1ccccc1Oc1ccc(NC(=O)c2occc2C)cc1. The number of carbonyl (C=O) groups is 1. The first-order chi connectivity index (χ1) is 11.7. The molecule has 1 aromatic heterocycles. The van der Waals surface area contributed by atoms with Gasteiger partial charge in [0.25, 0.3) is 5.91 Å². The maximum atomic E-state index is 12.1. The van der Waals surface area contributed by atoms with Crippen LogP contribution in [0.4, 0.5) is 5.69 Å². The Kier molecular flexibility index (Phi) is 4.52. The summed E-state index contributed by atoms with van der Waals surface area (Å²) >= 11 is 0. The van der Waals surface area contributed by atoms with Gasteiger partial charge in [0.2, 0.25) is 0 Å². The molecule has 5 heteroatoms. The largest absolute Gasteiger partial charge is 0.493 e. The van der Waals surface area contributed by atoms with E-state index in [-0.39, 0.29) is 5.91 Å². The number of methoxy groups -OCH3 is 1. The minimum Gasteiger partial charge on any atom is -0.493 e. The molecule has 0 fully saturated rings. The van der Waals surface area contributed by atoms with Crippen LogP contribution in [-0.4, -0.2) is 13.0 Å². The molecule has 1 heterocycles.